The van der Waals surface area contributed by atoms with Crippen LogP contribution in [0.4, 0.5) is 0 Å². The van der Waals surface area contributed by atoms with E-state index >= 15 is 0 Å². The molecule has 0 aliphatic rings. The fourth-order valence-corrected chi connectivity index (χ4v) is 2.96. The fraction of sp³-hybridized carbons (Fsp3) is 0.294. The predicted octanol–water partition coefficient (Wildman–Crippen LogP) is 5.42. The van der Waals surface area contributed by atoms with Gasteiger partial charge in [-0.05, 0) is 60.8 Å². The van der Waals surface area contributed by atoms with Gasteiger partial charge in [0.15, 0.2) is 0 Å². The molecule has 0 radical (unpaired) electrons. The highest BCUT2D eigenvalue weighted by Gasteiger charge is 2.16. The molecule has 1 atom stereocenters. The first kappa shape index (κ1) is 15.6. The number of halogens is 2. The van der Waals surface area contributed by atoms with Crippen LogP contribution < -0.4 is 5.32 Å². The van der Waals surface area contributed by atoms with Crippen molar-refractivity contribution in [2.24, 2.45) is 0 Å². The maximum Gasteiger partial charge on any atom is 0.0579 e. The van der Waals surface area contributed by atoms with Crippen molar-refractivity contribution < 1.29 is 0 Å². The van der Waals surface area contributed by atoms with Gasteiger partial charge in [-0.1, -0.05) is 52.7 Å². The highest BCUT2D eigenvalue weighted by Crippen LogP contribution is 2.30. The van der Waals surface area contributed by atoms with Crippen LogP contribution in [0.1, 0.15) is 35.2 Å². The predicted molar refractivity (Wildman–Crippen MR) is 90.6 cm³/mol. The van der Waals surface area contributed by atoms with Crippen molar-refractivity contribution >= 4 is 27.5 Å². The first-order valence-electron chi connectivity index (χ1n) is 6.78. The van der Waals surface area contributed by atoms with E-state index in [9.17, 15) is 0 Å². The summed E-state index contributed by atoms with van der Waals surface area (Å²) in [6.07, 6.45) is 0. The fourth-order valence-electron chi connectivity index (χ4n) is 2.38. The molecular formula is C17H19BrClN. The van der Waals surface area contributed by atoms with Gasteiger partial charge in [0, 0.05) is 9.50 Å². The molecule has 2 aromatic rings. The minimum atomic E-state index is 0.198. The highest BCUT2D eigenvalue weighted by atomic mass is 79.9. The van der Waals surface area contributed by atoms with E-state index in [0.29, 0.717) is 0 Å². The summed E-state index contributed by atoms with van der Waals surface area (Å²) in [7, 11) is 0. The van der Waals surface area contributed by atoms with Gasteiger partial charge < -0.3 is 5.32 Å². The number of nitrogens with one attached hydrogen (secondary N) is 1. The van der Waals surface area contributed by atoms with Crippen LogP contribution in [0.25, 0.3) is 0 Å². The molecule has 20 heavy (non-hydrogen) atoms. The third kappa shape index (κ3) is 3.43. The summed E-state index contributed by atoms with van der Waals surface area (Å²) in [6.45, 7) is 7.32. The lowest BCUT2D eigenvalue weighted by molar-refractivity contribution is 0.627. The number of benzene rings is 2. The van der Waals surface area contributed by atoms with Gasteiger partial charge in [0.25, 0.3) is 0 Å². The Morgan fingerprint density at radius 2 is 1.75 bits per heavy atom. The molecule has 1 N–H and O–H groups in total. The lowest BCUT2D eigenvalue weighted by Gasteiger charge is -2.22. The average Bonchev–Trinajstić information content (AvgIpc) is 2.42. The van der Waals surface area contributed by atoms with E-state index in [0.717, 1.165) is 16.0 Å². The second-order valence-corrected chi connectivity index (χ2v) is 6.29. The van der Waals surface area contributed by atoms with Gasteiger partial charge in [-0.3, -0.25) is 0 Å². The minimum absolute atomic E-state index is 0.198. The Bertz CT molecular complexity index is 593. The minimum Gasteiger partial charge on any atom is -0.307 e. The van der Waals surface area contributed by atoms with Crippen LogP contribution in [0, 0.1) is 13.8 Å². The monoisotopic (exact) mass is 351 g/mol. The quantitative estimate of drug-likeness (QED) is 0.775. The molecule has 0 aromatic heterocycles. The zero-order chi connectivity index (χ0) is 14.7. The summed E-state index contributed by atoms with van der Waals surface area (Å²) >= 11 is 9.59. The van der Waals surface area contributed by atoms with Crippen LogP contribution in [0.15, 0.2) is 40.9 Å². The topological polar surface area (TPSA) is 12.0 Å². The molecule has 0 aliphatic heterocycles. The summed E-state index contributed by atoms with van der Waals surface area (Å²) in [6, 6.07) is 12.7. The lowest BCUT2D eigenvalue weighted by atomic mass is 9.93. The number of aryl methyl sites for hydroxylation is 2. The Hall–Kier alpha value is -0.830. The second-order valence-electron chi connectivity index (χ2n) is 5.00. The molecule has 1 unspecified atom stereocenters. The van der Waals surface area contributed by atoms with Gasteiger partial charge in [-0.15, -0.1) is 0 Å². The summed E-state index contributed by atoms with van der Waals surface area (Å²) in [4.78, 5) is 0. The lowest BCUT2D eigenvalue weighted by Crippen LogP contribution is -2.22. The Morgan fingerprint density at radius 3 is 2.35 bits per heavy atom. The molecule has 0 saturated heterocycles. The first-order valence-corrected chi connectivity index (χ1v) is 7.95. The normalized spacial score (nSPS) is 12.4. The molecule has 1 nitrogen and oxygen atoms in total. The smallest absolute Gasteiger partial charge is 0.0579 e. The SMILES string of the molecule is CCNC(c1ccc(Cl)cc1)c1cc(C)c(Br)cc1C. The van der Waals surface area contributed by atoms with Crippen molar-refractivity contribution in [3.8, 4) is 0 Å². The van der Waals surface area contributed by atoms with Crippen LogP contribution in [0.5, 0.6) is 0 Å². The molecular weight excluding hydrogens is 334 g/mol. The van der Waals surface area contributed by atoms with E-state index in [4.69, 9.17) is 11.6 Å². The molecule has 0 amide bonds. The highest BCUT2D eigenvalue weighted by molar-refractivity contribution is 9.10. The Kier molecular flexibility index (Phi) is 5.25. The van der Waals surface area contributed by atoms with Crippen LogP contribution in [-0.2, 0) is 0 Å². The molecule has 0 fully saturated rings. The van der Waals surface area contributed by atoms with Crippen molar-refractivity contribution in [1.29, 1.82) is 0 Å². The van der Waals surface area contributed by atoms with Crippen molar-refractivity contribution in [2.75, 3.05) is 6.54 Å². The van der Waals surface area contributed by atoms with Gasteiger partial charge in [-0.2, -0.15) is 0 Å². The largest absolute Gasteiger partial charge is 0.307 e. The second kappa shape index (κ2) is 6.75. The molecule has 2 aromatic carbocycles. The third-order valence-electron chi connectivity index (χ3n) is 3.47. The van der Waals surface area contributed by atoms with Crippen LogP contribution in [0.2, 0.25) is 5.02 Å². The van der Waals surface area contributed by atoms with Gasteiger partial charge in [0.2, 0.25) is 0 Å². The van der Waals surface area contributed by atoms with Crippen molar-refractivity contribution in [1.82, 2.24) is 5.32 Å². The number of hydrogen-bond acceptors (Lipinski definition) is 1. The maximum absolute atomic E-state index is 5.99. The summed E-state index contributed by atoms with van der Waals surface area (Å²) in [5, 5.41) is 4.33. The third-order valence-corrected chi connectivity index (χ3v) is 4.58. The van der Waals surface area contributed by atoms with E-state index in [1.807, 2.05) is 12.1 Å². The van der Waals surface area contributed by atoms with E-state index < -0.39 is 0 Å². The van der Waals surface area contributed by atoms with Crippen LogP contribution in [0.3, 0.4) is 0 Å². The van der Waals surface area contributed by atoms with Gasteiger partial charge in [-0.25, -0.2) is 0 Å². The van der Waals surface area contributed by atoms with Crippen LogP contribution in [-0.4, -0.2) is 6.54 Å². The van der Waals surface area contributed by atoms with Crippen LogP contribution >= 0.6 is 27.5 Å². The van der Waals surface area contributed by atoms with Gasteiger partial charge in [0.05, 0.1) is 6.04 Å². The molecule has 2 rings (SSSR count). The van der Waals surface area contributed by atoms with Crippen molar-refractivity contribution in [3.63, 3.8) is 0 Å². The van der Waals surface area contributed by atoms with Gasteiger partial charge >= 0.3 is 0 Å². The first-order chi connectivity index (χ1) is 9.52. The van der Waals surface area contributed by atoms with E-state index in [-0.39, 0.29) is 6.04 Å². The summed E-state index contributed by atoms with van der Waals surface area (Å²) in [5.41, 5.74) is 5.08. The summed E-state index contributed by atoms with van der Waals surface area (Å²) in [5.74, 6) is 0. The maximum atomic E-state index is 5.99. The molecule has 0 spiro atoms. The van der Waals surface area contributed by atoms with E-state index in [1.54, 1.807) is 0 Å². The molecule has 0 bridgehead atoms. The molecule has 0 saturated carbocycles. The number of rotatable bonds is 4. The van der Waals surface area contributed by atoms with E-state index in [1.165, 1.54) is 22.3 Å². The van der Waals surface area contributed by atoms with E-state index in [2.05, 4.69) is 66.3 Å². The van der Waals surface area contributed by atoms with Crippen molar-refractivity contribution in [2.45, 2.75) is 26.8 Å². The molecule has 3 heteroatoms. The zero-order valence-electron chi connectivity index (χ0n) is 12.0. The summed E-state index contributed by atoms with van der Waals surface area (Å²) < 4.78 is 1.16. The zero-order valence-corrected chi connectivity index (χ0v) is 14.3. The molecule has 0 aliphatic carbocycles. The van der Waals surface area contributed by atoms with Crippen molar-refractivity contribution in [3.05, 3.63) is 68.1 Å². The Labute approximate surface area is 134 Å². The standard InChI is InChI=1S/C17H19BrClN/c1-4-20-17(13-5-7-14(19)8-6-13)15-9-12(3)16(18)10-11(15)2/h5-10,17,20H,4H2,1-3H3. The van der Waals surface area contributed by atoms with Gasteiger partial charge in [0.1, 0.15) is 0 Å². The Morgan fingerprint density at radius 1 is 1.10 bits per heavy atom. The average molecular weight is 353 g/mol. The number of hydrogen-bond donors (Lipinski definition) is 1. The Balaban J connectivity index is 2.48. The molecule has 0 heterocycles. The molecule has 106 valence electrons.